The Labute approximate surface area is 178 Å². The summed E-state index contributed by atoms with van der Waals surface area (Å²) in [5, 5.41) is 3.74. The molecular weight excluding hydrogens is 424 g/mol. The van der Waals surface area contributed by atoms with E-state index in [0.29, 0.717) is 10.2 Å². The summed E-state index contributed by atoms with van der Waals surface area (Å²) < 4.78 is 1.06. The highest BCUT2D eigenvalue weighted by Gasteiger charge is 2.46. The summed E-state index contributed by atoms with van der Waals surface area (Å²) in [7, 11) is 0. The maximum absolute atomic E-state index is 12.7. The third-order valence-electron chi connectivity index (χ3n) is 5.24. The van der Waals surface area contributed by atoms with E-state index in [9.17, 15) is 9.59 Å². The molecule has 1 fully saturated rings. The molecule has 0 aliphatic carbocycles. The topological polar surface area (TPSA) is 49.7 Å². The molecule has 140 valence electrons. The van der Waals surface area contributed by atoms with Crippen molar-refractivity contribution in [3.8, 4) is 0 Å². The van der Waals surface area contributed by atoms with Crippen LogP contribution in [0.1, 0.15) is 16.5 Å². The van der Waals surface area contributed by atoms with Gasteiger partial charge in [-0.25, -0.2) is 4.99 Å². The van der Waals surface area contributed by atoms with Gasteiger partial charge in [0, 0.05) is 15.1 Å². The lowest BCUT2D eigenvalue weighted by atomic mass is 9.98. The Balaban J connectivity index is 1.65. The molecule has 4 nitrogen and oxygen atoms in total. The minimum Gasteiger partial charge on any atom is -0.275 e. The van der Waals surface area contributed by atoms with E-state index in [1.165, 1.54) is 4.90 Å². The van der Waals surface area contributed by atoms with Gasteiger partial charge < -0.3 is 0 Å². The first-order chi connectivity index (χ1) is 14.1. The minimum atomic E-state index is -0.520. The van der Waals surface area contributed by atoms with Crippen molar-refractivity contribution in [1.82, 2.24) is 4.90 Å². The highest BCUT2D eigenvalue weighted by Crippen LogP contribution is 2.51. The molecule has 2 aliphatic heterocycles. The number of carbonyl (C=O) groups excluding carboxylic acids is 2. The second-order valence-corrected chi connectivity index (χ2v) is 9.38. The molecule has 6 rings (SSSR count). The highest BCUT2D eigenvalue weighted by atomic mass is 35.5. The zero-order chi connectivity index (χ0) is 19.7. The van der Waals surface area contributed by atoms with Gasteiger partial charge in [-0.1, -0.05) is 48.0 Å². The van der Waals surface area contributed by atoms with Gasteiger partial charge in [-0.15, -0.1) is 11.3 Å². The molecule has 1 saturated heterocycles. The molecule has 0 radical (unpaired) electrons. The molecular formula is C22H11ClN2O2S2. The second kappa shape index (κ2) is 6.16. The van der Waals surface area contributed by atoms with Gasteiger partial charge in [0.15, 0.2) is 5.17 Å². The number of nitrogens with zero attached hydrogens (tertiary/aromatic N) is 2. The van der Waals surface area contributed by atoms with Gasteiger partial charge in [0.2, 0.25) is 0 Å². The highest BCUT2D eigenvalue weighted by molar-refractivity contribution is 8.28. The minimum absolute atomic E-state index is 0.385. The molecule has 0 saturated carbocycles. The van der Waals surface area contributed by atoms with Crippen molar-refractivity contribution in [2.24, 2.45) is 4.99 Å². The lowest BCUT2D eigenvalue weighted by Gasteiger charge is -2.30. The number of benzene rings is 3. The molecule has 1 unspecified atom stereocenters. The number of thiophene rings is 1. The summed E-state index contributed by atoms with van der Waals surface area (Å²) in [6.45, 7) is 0. The van der Waals surface area contributed by atoms with E-state index in [0.717, 1.165) is 48.7 Å². The van der Waals surface area contributed by atoms with Crippen LogP contribution in [0.15, 0.2) is 65.7 Å². The van der Waals surface area contributed by atoms with E-state index in [-0.39, 0.29) is 6.04 Å². The average Bonchev–Trinajstić information content (AvgIpc) is 3.22. The zero-order valence-corrected chi connectivity index (χ0v) is 17.1. The number of halogens is 1. The van der Waals surface area contributed by atoms with Crippen LogP contribution < -0.4 is 0 Å². The number of hydrogen-bond donors (Lipinski definition) is 0. The predicted octanol–water partition coefficient (Wildman–Crippen LogP) is 5.90. The van der Waals surface area contributed by atoms with Gasteiger partial charge in [-0.05, 0) is 52.4 Å². The number of aliphatic imine (C=N–C) groups is 1. The van der Waals surface area contributed by atoms with Crippen LogP contribution in [0.3, 0.4) is 0 Å². The van der Waals surface area contributed by atoms with Crippen LogP contribution in [0.25, 0.3) is 20.9 Å². The summed E-state index contributed by atoms with van der Waals surface area (Å²) >= 11 is 8.71. The van der Waals surface area contributed by atoms with Crippen molar-refractivity contribution in [1.29, 1.82) is 0 Å². The number of thioether (sulfide) groups is 1. The van der Waals surface area contributed by atoms with Crippen molar-refractivity contribution in [2.75, 3.05) is 0 Å². The van der Waals surface area contributed by atoms with Crippen LogP contribution >= 0.6 is 34.7 Å². The Morgan fingerprint density at radius 1 is 0.966 bits per heavy atom. The van der Waals surface area contributed by atoms with E-state index in [2.05, 4.69) is 18.2 Å². The zero-order valence-electron chi connectivity index (χ0n) is 14.8. The maximum Gasteiger partial charge on any atom is 0.308 e. The van der Waals surface area contributed by atoms with Crippen molar-refractivity contribution < 1.29 is 9.59 Å². The van der Waals surface area contributed by atoms with Gasteiger partial charge in [-0.3, -0.25) is 14.5 Å². The van der Waals surface area contributed by atoms with E-state index in [4.69, 9.17) is 16.6 Å². The van der Waals surface area contributed by atoms with Crippen molar-refractivity contribution in [3.05, 3.63) is 76.1 Å². The Hall–Kier alpha value is -2.67. The van der Waals surface area contributed by atoms with Crippen LogP contribution in [-0.4, -0.2) is 21.1 Å². The van der Waals surface area contributed by atoms with E-state index >= 15 is 0 Å². The Morgan fingerprint density at radius 2 is 1.79 bits per heavy atom. The quantitative estimate of drug-likeness (QED) is 0.350. The largest absolute Gasteiger partial charge is 0.308 e. The smallest absolute Gasteiger partial charge is 0.275 e. The SMILES string of the molecule is O=C1SC2=Nc3c(sc4ccc(Cl)cc34)C(c3ccc4ccccc4c3)N2C1=O. The molecule has 3 aromatic carbocycles. The number of fused-ring (bicyclic) bond motifs is 5. The lowest BCUT2D eigenvalue weighted by molar-refractivity contribution is -0.137. The molecule has 2 aliphatic rings. The van der Waals surface area contributed by atoms with Crippen LogP contribution in [0.5, 0.6) is 0 Å². The number of rotatable bonds is 1. The molecule has 1 aromatic heterocycles. The number of carbonyl (C=O) groups is 2. The molecule has 7 heteroatoms. The fourth-order valence-electron chi connectivity index (χ4n) is 3.93. The van der Waals surface area contributed by atoms with Crippen LogP contribution in [-0.2, 0) is 9.59 Å². The Morgan fingerprint density at radius 3 is 2.66 bits per heavy atom. The summed E-state index contributed by atoms with van der Waals surface area (Å²) in [4.78, 5) is 32.1. The number of amidine groups is 1. The number of amides is 1. The third-order valence-corrected chi connectivity index (χ3v) is 7.51. The van der Waals surface area contributed by atoms with Gasteiger partial charge in [0.25, 0.3) is 5.12 Å². The molecule has 4 aromatic rings. The van der Waals surface area contributed by atoms with Crippen molar-refractivity contribution in [3.63, 3.8) is 0 Å². The van der Waals surface area contributed by atoms with E-state index in [1.54, 1.807) is 11.3 Å². The summed E-state index contributed by atoms with van der Waals surface area (Å²) in [5.41, 5.74) is 1.76. The first-order valence-electron chi connectivity index (χ1n) is 8.95. The van der Waals surface area contributed by atoms with E-state index < -0.39 is 11.0 Å². The summed E-state index contributed by atoms with van der Waals surface area (Å²) in [6.07, 6.45) is 0. The van der Waals surface area contributed by atoms with Crippen molar-refractivity contribution in [2.45, 2.75) is 6.04 Å². The Bertz CT molecular complexity index is 1410. The monoisotopic (exact) mass is 434 g/mol. The lowest BCUT2D eigenvalue weighted by Crippen LogP contribution is -2.36. The van der Waals surface area contributed by atoms with Gasteiger partial charge in [0.1, 0.15) is 6.04 Å². The molecule has 1 atom stereocenters. The Kier molecular flexibility index (Phi) is 3.66. The van der Waals surface area contributed by atoms with Crippen LogP contribution in [0, 0.1) is 0 Å². The average molecular weight is 435 g/mol. The third kappa shape index (κ3) is 2.50. The first kappa shape index (κ1) is 17.2. The second-order valence-electron chi connectivity index (χ2n) is 6.92. The molecule has 0 N–H and O–H groups in total. The van der Waals surface area contributed by atoms with E-state index in [1.807, 2.05) is 42.5 Å². The fourth-order valence-corrected chi connectivity index (χ4v) is 6.12. The predicted molar refractivity (Wildman–Crippen MR) is 119 cm³/mol. The molecule has 1 amide bonds. The normalized spacial score (nSPS) is 18.3. The van der Waals surface area contributed by atoms with Gasteiger partial charge in [0.05, 0.1) is 10.6 Å². The summed E-state index contributed by atoms with van der Waals surface area (Å²) in [5.74, 6) is -0.520. The van der Waals surface area contributed by atoms with Crippen LogP contribution in [0.2, 0.25) is 5.02 Å². The molecule has 0 spiro atoms. The summed E-state index contributed by atoms with van der Waals surface area (Å²) in [6, 6.07) is 19.6. The van der Waals surface area contributed by atoms with Crippen LogP contribution in [0.4, 0.5) is 5.69 Å². The number of hydrogen-bond acceptors (Lipinski definition) is 5. The fraction of sp³-hybridized carbons (Fsp3) is 0.0455. The van der Waals surface area contributed by atoms with Gasteiger partial charge >= 0.3 is 5.91 Å². The maximum atomic E-state index is 12.7. The van der Waals surface area contributed by atoms with Gasteiger partial charge in [-0.2, -0.15) is 0 Å². The van der Waals surface area contributed by atoms with Crippen molar-refractivity contribution >= 4 is 77.4 Å². The standard InChI is InChI=1S/C22H11ClN2O2S2/c23-14-7-8-16-15(10-14)17-19(28-16)18(25-20(26)21(27)29-22(25)24-17)13-6-5-11-3-1-2-4-12(11)9-13/h1-10,18H. The molecule has 3 heterocycles. The first-order valence-corrected chi connectivity index (χ1v) is 11.0. The molecule has 0 bridgehead atoms. The molecule has 29 heavy (non-hydrogen) atoms.